The maximum Gasteiger partial charge on any atom is 0.0613 e. The molecular weight excluding hydrogens is 174 g/mol. The normalized spacial score (nSPS) is 32.6. The van der Waals surface area contributed by atoms with Crippen molar-refractivity contribution in [1.29, 1.82) is 0 Å². The summed E-state index contributed by atoms with van der Waals surface area (Å²) in [6.07, 6.45) is 5.99. The maximum absolute atomic E-state index is 9.51. The number of rotatable bonds is 3. The van der Waals surface area contributed by atoms with Crippen molar-refractivity contribution in [3.8, 4) is 0 Å². The van der Waals surface area contributed by atoms with E-state index in [2.05, 4.69) is 26.1 Å². The minimum absolute atomic E-state index is 0.0164. The minimum atomic E-state index is 0.0164. The van der Waals surface area contributed by atoms with Gasteiger partial charge >= 0.3 is 0 Å². The summed E-state index contributed by atoms with van der Waals surface area (Å²) in [5.41, 5.74) is 0.481. The summed E-state index contributed by atoms with van der Waals surface area (Å²) in [6, 6.07) is 0. The van der Waals surface area contributed by atoms with Gasteiger partial charge < -0.3 is 10.4 Å². The van der Waals surface area contributed by atoms with Crippen LogP contribution in [0.15, 0.2) is 0 Å². The van der Waals surface area contributed by atoms with Gasteiger partial charge in [0.25, 0.3) is 0 Å². The van der Waals surface area contributed by atoms with Gasteiger partial charge in [-0.3, -0.25) is 0 Å². The van der Waals surface area contributed by atoms with Crippen molar-refractivity contribution < 1.29 is 5.11 Å². The lowest BCUT2D eigenvalue weighted by molar-refractivity contribution is 0.142. The van der Waals surface area contributed by atoms with E-state index >= 15 is 0 Å². The molecule has 84 valence electrons. The third kappa shape index (κ3) is 2.96. The largest absolute Gasteiger partial charge is 0.394 e. The topological polar surface area (TPSA) is 32.3 Å². The molecule has 14 heavy (non-hydrogen) atoms. The van der Waals surface area contributed by atoms with Crippen molar-refractivity contribution >= 4 is 0 Å². The molecule has 1 aliphatic rings. The lowest BCUT2D eigenvalue weighted by atomic mass is 9.83. The van der Waals surface area contributed by atoms with Crippen LogP contribution in [-0.4, -0.2) is 23.8 Å². The number of aliphatic hydroxyl groups is 1. The number of hydrogen-bond acceptors (Lipinski definition) is 2. The zero-order valence-corrected chi connectivity index (χ0v) is 9.90. The Hall–Kier alpha value is -0.0800. The molecule has 0 bridgehead atoms. The van der Waals surface area contributed by atoms with Gasteiger partial charge in [0.15, 0.2) is 0 Å². The van der Waals surface area contributed by atoms with E-state index in [9.17, 15) is 5.11 Å². The number of nitrogens with one attached hydrogen (secondary N) is 1. The van der Waals surface area contributed by atoms with Gasteiger partial charge in [0.2, 0.25) is 0 Å². The molecule has 2 heteroatoms. The zero-order valence-electron chi connectivity index (χ0n) is 9.90. The predicted octanol–water partition coefficient (Wildman–Crippen LogP) is 2.32. The van der Waals surface area contributed by atoms with Gasteiger partial charge in [0.05, 0.1) is 6.61 Å². The highest BCUT2D eigenvalue weighted by molar-refractivity contribution is 4.92. The van der Waals surface area contributed by atoms with Crippen LogP contribution in [0.2, 0.25) is 0 Å². The molecule has 2 N–H and O–H groups in total. The number of aliphatic hydroxyl groups excluding tert-OH is 1. The SMILES string of the molecule is CCNC1(CO)CCCC(C)(C)CC1. The van der Waals surface area contributed by atoms with Gasteiger partial charge in [-0.2, -0.15) is 0 Å². The molecule has 1 rings (SSSR count). The molecule has 1 saturated carbocycles. The summed E-state index contributed by atoms with van der Waals surface area (Å²) in [7, 11) is 0. The predicted molar refractivity (Wildman–Crippen MR) is 60.4 cm³/mol. The molecule has 0 saturated heterocycles. The van der Waals surface area contributed by atoms with Crippen LogP contribution in [0.1, 0.15) is 52.9 Å². The Balaban J connectivity index is 2.61. The molecule has 0 heterocycles. The molecule has 0 aromatic heterocycles. The van der Waals surface area contributed by atoms with Crippen LogP contribution < -0.4 is 5.32 Å². The van der Waals surface area contributed by atoms with Gasteiger partial charge in [-0.05, 0) is 37.6 Å². The lowest BCUT2D eigenvalue weighted by Crippen LogP contribution is -2.48. The van der Waals surface area contributed by atoms with Gasteiger partial charge in [-0.1, -0.05) is 27.2 Å². The molecule has 0 spiro atoms. The molecule has 1 aliphatic carbocycles. The van der Waals surface area contributed by atoms with Crippen molar-refractivity contribution in [2.75, 3.05) is 13.2 Å². The van der Waals surface area contributed by atoms with Crippen molar-refractivity contribution in [3.05, 3.63) is 0 Å². The zero-order chi connectivity index (χ0) is 10.7. The van der Waals surface area contributed by atoms with E-state index in [1.807, 2.05) is 0 Å². The second-order valence-electron chi connectivity index (χ2n) is 5.49. The average molecular weight is 199 g/mol. The summed E-state index contributed by atoms with van der Waals surface area (Å²) in [4.78, 5) is 0. The molecule has 0 aromatic carbocycles. The molecule has 2 nitrogen and oxygen atoms in total. The second-order valence-corrected chi connectivity index (χ2v) is 5.49. The average Bonchev–Trinajstić information content (AvgIpc) is 2.27. The van der Waals surface area contributed by atoms with Crippen LogP contribution in [0.4, 0.5) is 0 Å². The molecule has 1 unspecified atom stereocenters. The van der Waals surface area contributed by atoms with Crippen molar-refractivity contribution in [2.24, 2.45) is 5.41 Å². The third-order valence-corrected chi connectivity index (χ3v) is 3.64. The van der Waals surface area contributed by atoms with Gasteiger partial charge in [-0.25, -0.2) is 0 Å². The fourth-order valence-electron chi connectivity index (χ4n) is 2.50. The maximum atomic E-state index is 9.51. The molecule has 0 amide bonds. The molecule has 0 aliphatic heterocycles. The van der Waals surface area contributed by atoms with Crippen molar-refractivity contribution in [1.82, 2.24) is 5.32 Å². The fraction of sp³-hybridized carbons (Fsp3) is 1.00. The molecule has 0 aromatic rings. The first-order chi connectivity index (χ1) is 6.54. The molecule has 1 fully saturated rings. The summed E-state index contributed by atoms with van der Waals surface area (Å²) in [5.74, 6) is 0. The Labute approximate surface area is 88.1 Å². The van der Waals surface area contributed by atoms with Gasteiger partial charge in [0.1, 0.15) is 0 Å². The van der Waals surface area contributed by atoms with E-state index in [0.717, 1.165) is 19.4 Å². The fourth-order valence-corrected chi connectivity index (χ4v) is 2.50. The van der Waals surface area contributed by atoms with E-state index < -0.39 is 0 Å². The van der Waals surface area contributed by atoms with Gasteiger partial charge in [-0.15, -0.1) is 0 Å². The minimum Gasteiger partial charge on any atom is -0.394 e. The Morgan fingerprint density at radius 2 is 1.86 bits per heavy atom. The first-order valence-corrected chi connectivity index (χ1v) is 5.89. The summed E-state index contributed by atoms with van der Waals surface area (Å²) < 4.78 is 0. The monoisotopic (exact) mass is 199 g/mol. The van der Waals surface area contributed by atoms with Crippen molar-refractivity contribution in [2.45, 2.75) is 58.4 Å². The number of likely N-dealkylation sites (N-methyl/N-ethyl adjacent to an activating group) is 1. The molecule has 1 atom stereocenters. The van der Waals surface area contributed by atoms with E-state index in [1.54, 1.807) is 0 Å². The quantitative estimate of drug-likeness (QED) is 0.684. The summed E-state index contributed by atoms with van der Waals surface area (Å²) in [5, 5.41) is 13.0. The van der Waals surface area contributed by atoms with Crippen LogP contribution in [-0.2, 0) is 0 Å². The highest BCUT2D eigenvalue weighted by Gasteiger charge is 2.34. The molecular formula is C12H25NO. The lowest BCUT2D eigenvalue weighted by Gasteiger charge is -2.32. The van der Waals surface area contributed by atoms with E-state index in [1.165, 1.54) is 19.3 Å². The first kappa shape index (κ1) is 12.0. The molecule has 0 radical (unpaired) electrons. The van der Waals surface area contributed by atoms with Crippen LogP contribution in [0, 0.1) is 5.41 Å². The Bertz CT molecular complexity index is 179. The summed E-state index contributed by atoms with van der Waals surface area (Å²) in [6.45, 7) is 8.05. The van der Waals surface area contributed by atoms with Crippen LogP contribution in [0.25, 0.3) is 0 Å². The Kier molecular flexibility index (Phi) is 3.96. The smallest absolute Gasteiger partial charge is 0.0613 e. The highest BCUT2D eigenvalue weighted by atomic mass is 16.3. The van der Waals surface area contributed by atoms with E-state index in [-0.39, 0.29) is 12.1 Å². The van der Waals surface area contributed by atoms with Gasteiger partial charge in [0, 0.05) is 5.54 Å². The Morgan fingerprint density at radius 1 is 1.14 bits per heavy atom. The second kappa shape index (κ2) is 4.63. The first-order valence-electron chi connectivity index (χ1n) is 5.89. The third-order valence-electron chi connectivity index (χ3n) is 3.64. The van der Waals surface area contributed by atoms with E-state index in [4.69, 9.17) is 0 Å². The standard InChI is InChI=1S/C12H25NO/c1-4-13-12(10-14)7-5-6-11(2,3)8-9-12/h13-14H,4-10H2,1-3H3. The van der Waals surface area contributed by atoms with Crippen LogP contribution in [0.5, 0.6) is 0 Å². The van der Waals surface area contributed by atoms with Crippen LogP contribution in [0.3, 0.4) is 0 Å². The summed E-state index contributed by atoms with van der Waals surface area (Å²) >= 11 is 0. The van der Waals surface area contributed by atoms with Crippen LogP contribution >= 0.6 is 0 Å². The van der Waals surface area contributed by atoms with E-state index in [0.29, 0.717) is 5.41 Å². The van der Waals surface area contributed by atoms with Crippen molar-refractivity contribution in [3.63, 3.8) is 0 Å². The highest BCUT2D eigenvalue weighted by Crippen LogP contribution is 2.37. The Morgan fingerprint density at radius 3 is 2.43 bits per heavy atom. The number of hydrogen-bond donors (Lipinski definition) is 2.